The fraction of sp³-hybridized carbons (Fsp3) is 0.111. The molecule has 0 saturated carbocycles. The first-order valence-electron chi connectivity index (χ1n) is 7.73. The second-order valence-electron chi connectivity index (χ2n) is 5.40. The summed E-state index contributed by atoms with van der Waals surface area (Å²) in [6.45, 7) is 1.52. The minimum atomic E-state index is -0.00629. The lowest BCUT2D eigenvalue weighted by Crippen LogP contribution is -2.03. The molecule has 0 bridgehead atoms. The lowest BCUT2D eigenvalue weighted by molar-refractivity contribution is 0.101. The maximum Gasteiger partial charge on any atom is 0.249 e. The molecule has 0 saturated heterocycles. The second-order valence-corrected chi connectivity index (χ2v) is 5.81. The molecule has 0 fully saturated rings. The van der Waals surface area contributed by atoms with E-state index in [4.69, 9.17) is 16.3 Å². The molecule has 7 nitrogen and oxygen atoms in total. The minimum absolute atomic E-state index is 0.00629. The number of carbonyl (C=O) groups excluding carboxylic acids is 1. The summed E-state index contributed by atoms with van der Waals surface area (Å²) in [4.78, 5) is 15.8. The number of halogens is 1. The summed E-state index contributed by atoms with van der Waals surface area (Å²) < 4.78 is 5.12. The number of hydrogen-bond donors (Lipinski definition) is 2. The van der Waals surface area contributed by atoms with E-state index in [-0.39, 0.29) is 5.78 Å². The molecule has 8 heteroatoms. The van der Waals surface area contributed by atoms with Crippen LogP contribution in [0, 0.1) is 0 Å². The Bertz CT molecular complexity index is 948. The predicted molar refractivity (Wildman–Crippen MR) is 101 cm³/mol. The number of aromatic nitrogens is 3. The number of nitrogens with zero attached hydrogens (tertiary/aromatic N) is 3. The molecule has 2 N–H and O–H groups in total. The third-order valence-electron chi connectivity index (χ3n) is 3.51. The van der Waals surface area contributed by atoms with Crippen molar-refractivity contribution >= 4 is 40.5 Å². The van der Waals surface area contributed by atoms with Crippen molar-refractivity contribution in [3.05, 3.63) is 59.2 Å². The number of anilines is 4. The Kier molecular flexibility index (Phi) is 5.28. The molecule has 0 amide bonds. The zero-order valence-electron chi connectivity index (χ0n) is 14.2. The monoisotopic (exact) mass is 369 g/mol. The summed E-state index contributed by atoms with van der Waals surface area (Å²) in [5, 5.41) is 14.5. The molecule has 1 aromatic heterocycles. The number of hydrogen-bond acceptors (Lipinski definition) is 7. The van der Waals surface area contributed by atoms with Gasteiger partial charge in [0.25, 0.3) is 0 Å². The van der Waals surface area contributed by atoms with Crippen LogP contribution in [0.15, 0.2) is 48.7 Å². The topological polar surface area (TPSA) is 89.0 Å². The lowest BCUT2D eigenvalue weighted by Gasteiger charge is -2.09. The average Bonchev–Trinajstić information content (AvgIpc) is 2.62. The summed E-state index contributed by atoms with van der Waals surface area (Å²) in [5.41, 5.74) is 2.05. The van der Waals surface area contributed by atoms with Crippen molar-refractivity contribution in [3.63, 3.8) is 0 Å². The van der Waals surface area contributed by atoms with E-state index in [1.54, 1.807) is 43.5 Å². The second kappa shape index (κ2) is 7.79. The lowest BCUT2D eigenvalue weighted by atomic mass is 10.1. The molecule has 0 aliphatic carbocycles. The van der Waals surface area contributed by atoms with E-state index >= 15 is 0 Å². The van der Waals surface area contributed by atoms with Crippen LogP contribution >= 0.6 is 11.6 Å². The highest BCUT2D eigenvalue weighted by atomic mass is 35.5. The van der Waals surface area contributed by atoms with Gasteiger partial charge in [-0.2, -0.15) is 10.1 Å². The maximum atomic E-state index is 11.5. The van der Waals surface area contributed by atoms with E-state index in [0.29, 0.717) is 33.8 Å². The van der Waals surface area contributed by atoms with Crippen LogP contribution in [0.5, 0.6) is 5.75 Å². The Balaban J connectivity index is 1.77. The number of methoxy groups -OCH3 is 1. The third kappa shape index (κ3) is 4.25. The zero-order valence-corrected chi connectivity index (χ0v) is 14.9. The fourth-order valence-electron chi connectivity index (χ4n) is 2.25. The van der Waals surface area contributed by atoms with Gasteiger partial charge in [-0.25, -0.2) is 0 Å². The normalized spacial score (nSPS) is 10.3. The number of carbonyl (C=O) groups is 1. The summed E-state index contributed by atoms with van der Waals surface area (Å²) in [6.07, 6.45) is 1.49. The Morgan fingerprint density at radius 2 is 1.92 bits per heavy atom. The van der Waals surface area contributed by atoms with Crippen LogP contribution in [-0.2, 0) is 0 Å². The minimum Gasteiger partial charge on any atom is -0.495 e. The molecule has 0 aliphatic rings. The van der Waals surface area contributed by atoms with Crippen molar-refractivity contribution in [2.45, 2.75) is 6.92 Å². The Morgan fingerprint density at radius 3 is 2.65 bits per heavy atom. The number of ether oxygens (including phenoxy) is 1. The smallest absolute Gasteiger partial charge is 0.249 e. The summed E-state index contributed by atoms with van der Waals surface area (Å²) in [5.74, 6) is 1.37. The van der Waals surface area contributed by atoms with Crippen LogP contribution in [-0.4, -0.2) is 28.1 Å². The molecule has 0 atom stereocenters. The van der Waals surface area contributed by atoms with Crippen LogP contribution in [0.4, 0.5) is 23.1 Å². The number of nitrogens with one attached hydrogen (secondary N) is 2. The van der Waals surface area contributed by atoms with Crippen LogP contribution in [0.2, 0.25) is 5.02 Å². The van der Waals surface area contributed by atoms with Crippen LogP contribution in [0.25, 0.3) is 0 Å². The van der Waals surface area contributed by atoms with E-state index in [1.165, 1.54) is 13.1 Å². The Labute approximate surface area is 155 Å². The molecular weight excluding hydrogens is 354 g/mol. The third-order valence-corrected chi connectivity index (χ3v) is 3.80. The fourth-order valence-corrected chi connectivity index (χ4v) is 2.51. The van der Waals surface area contributed by atoms with E-state index in [2.05, 4.69) is 25.8 Å². The molecule has 132 valence electrons. The Hall–Kier alpha value is -3.19. The first-order valence-corrected chi connectivity index (χ1v) is 8.11. The number of rotatable bonds is 6. The highest BCUT2D eigenvalue weighted by Gasteiger charge is 2.06. The van der Waals surface area contributed by atoms with Gasteiger partial charge in [-0.3, -0.25) is 4.79 Å². The van der Waals surface area contributed by atoms with Crippen molar-refractivity contribution in [1.29, 1.82) is 0 Å². The van der Waals surface area contributed by atoms with Crippen molar-refractivity contribution in [1.82, 2.24) is 15.2 Å². The summed E-state index contributed by atoms with van der Waals surface area (Å²) in [7, 11) is 1.55. The molecule has 0 spiro atoms. The Morgan fingerprint density at radius 1 is 1.12 bits per heavy atom. The SMILES string of the molecule is COc1ccc(Nc2nncc(Nc3cccc(C(C)=O)c3)n2)cc1Cl. The number of Topliss-reactive ketones (excluding diaryl/α,β-unsaturated/α-hetero) is 1. The van der Waals surface area contributed by atoms with Crippen molar-refractivity contribution in [3.8, 4) is 5.75 Å². The van der Waals surface area contributed by atoms with Gasteiger partial charge in [0.1, 0.15) is 5.75 Å². The van der Waals surface area contributed by atoms with Gasteiger partial charge >= 0.3 is 0 Å². The number of ketones is 1. The molecule has 1 heterocycles. The van der Waals surface area contributed by atoms with Crippen LogP contribution in [0.1, 0.15) is 17.3 Å². The van der Waals surface area contributed by atoms with E-state index in [9.17, 15) is 4.79 Å². The largest absolute Gasteiger partial charge is 0.495 e. The van der Waals surface area contributed by atoms with Crippen molar-refractivity contribution in [2.24, 2.45) is 0 Å². The highest BCUT2D eigenvalue weighted by Crippen LogP contribution is 2.28. The van der Waals surface area contributed by atoms with Gasteiger partial charge < -0.3 is 15.4 Å². The molecule has 0 radical (unpaired) electrons. The first kappa shape index (κ1) is 17.6. The molecule has 3 rings (SSSR count). The zero-order chi connectivity index (χ0) is 18.5. The van der Waals surface area contributed by atoms with Gasteiger partial charge in [0.2, 0.25) is 5.95 Å². The van der Waals surface area contributed by atoms with Gasteiger partial charge in [0, 0.05) is 16.9 Å². The van der Waals surface area contributed by atoms with Crippen molar-refractivity contribution in [2.75, 3.05) is 17.7 Å². The van der Waals surface area contributed by atoms with Gasteiger partial charge in [-0.15, -0.1) is 5.10 Å². The summed E-state index contributed by atoms with van der Waals surface area (Å²) >= 11 is 6.11. The van der Waals surface area contributed by atoms with Gasteiger partial charge in [-0.1, -0.05) is 23.7 Å². The molecule has 0 unspecified atom stereocenters. The predicted octanol–water partition coefficient (Wildman–Crippen LogP) is 4.22. The van der Waals surface area contributed by atoms with Crippen LogP contribution < -0.4 is 15.4 Å². The van der Waals surface area contributed by atoms with E-state index < -0.39 is 0 Å². The average molecular weight is 370 g/mol. The van der Waals surface area contributed by atoms with E-state index in [0.717, 1.165) is 5.69 Å². The molecular formula is C18H16ClN5O2. The van der Waals surface area contributed by atoms with E-state index in [1.807, 2.05) is 6.07 Å². The first-order chi connectivity index (χ1) is 12.5. The molecule has 3 aromatic rings. The molecule has 0 aliphatic heterocycles. The maximum absolute atomic E-state index is 11.5. The standard InChI is InChI=1S/C18H16ClN5O2/c1-11(25)12-4-3-5-13(8-12)21-17-10-20-24-18(23-17)22-14-6-7-16(26-2)15(19)9-14/h3-10H,1-2H3,(H2,21,22,23,24). The van der Waals surface area contributed by atoms with Crippen molar-refractivity contribution < 1.29 is 9.53 Å². The quantitative estimate of drug-likeness (QED) is 0.628. The summed E-state index contributed by atoms with van der Waals surface area (Å²) in [6, 6.07) is 12.4. The molecule has 26 heavy (non-hydrogen) atoms. The molecule has 2 aromatic carbocycles. The van der Waals surface area contributed by atoms with Gasteiger partial charge in [0.15, 0.2) is 11.6 Å². The van der Waals surface area contributed by atoms with Gasteiger partial charge in [0.05, 0.1) is 18.3 Å². The van der Waals surface area contributed by atoms with Gasteiger partial charge in [-0.05, 0) is 37.3 Å². The number of benzene rings is 2. The van der Waals surface area contributed by atoms with Crippen LogP contribution in [0.3, 0.4) is 0 Å². The highest BCUT2D eigenvalue weighted by molar-refractivity contribution is 6.32.